The minimum absolute atomic E-state index is 0.837. The Bertz CT molecular complexity index is 118. The first-order chi connectivity index (χ1) is 4.04. The molecule has 0 aliphatic rings. The van der Waals surface area contributed by atoms with Crippen molar-refractivity contribution in [1.29, 1.82) is 0 Å². The Morgan fingerprint density at radius 2 is 2.22 bits per heavy atom. The van der Waals surface area contributed by atoms with Crippen LogP contribution in [0, 0.1) is 0 Å². The van der Waals surface area contributed by atoms with Crippen molar-refractivity contribution in [2.24, 2.45) is 5.84 Å². The van der Waals surface area contributed by atoms with Crippen LogP contribution >= 0.6 is 12.6 Å². The number of hydrogen-bond donors (Lipinski definition) is 3. The van der Waals surface area contributed by atoms with E-state index >= 15 is 0 Å². The Kier molecular flexibility index (Phi) is 2.86. The molecular formula is C3H6F2N2OS. The van der Waals surface area contributed by atoms with E-state index in [-0.39, 0.29) is 0 Å². The number of alkyl halides is 2. The first kappa shape index (κ1) is 8.64. The van der Waals surface area contributed by atoms with Crippen LogP contribution in [-0.2, 0) is 4.79 Å². The fourth-order valence-electron chi connectivity index (χ4n) is 0.177. The molecule has 54 valence electrons. The monoisotopic (exact) mass is 156 g/mol. The molecule has 1 amide bonds. The fraction of sp³-hybridized carbons (Fsp3) is 0.667. The van der Waals surface area contributed by atoms with E-state index in [4.69, 9.17) is 0 Å². The number of nitrogens with two attached hydrogens (primary N) is 1. The highest BCUT2D eigenvalue weighted by atomic mass is 32.1. The molecule has 0 aromatic heterocycles. The molecule has 0 aliphatic carbocycles. The van der Waals surface area contributed by atoms with Gasteiger partial charge in [-0.05, 0) is 0 Å². The lowest BCUT2D eigenvalue weighted by atomic mass is 10.4. The maximum Gasteiger partial charge on any atom is 0.334 e. The summed E-state index contributed by atoms with van der Waals surface area (Å²) in [7, 11) is 0. The summed E-state index contributed by atoms with van der Waals surface area (Å²) in [4.78, 5) is 10.0. The molecule has 3 nitrogen and oxygen atoms in total. The van der Waals surface area contributed by atoms with Crippen LogP contribution in [0.3, 0.4) is 0 Å². The molecule has 0 spiro atoms. The lowest BCUT2D eigenvalue weighted by Gasteiger charge is -2.09. The Labute approximate surface area is 56.0 Å². The van der Waals surface area contributed by atoms with Gasteiger partial charge in [0.2, 0.25) is 0 Å². The van der Waals surface area contributed by atoms with E-state index in [1.54, 1.807) is 0 Å². The summed E-state index contributed by atoms with van der Waals surface area (Å²) < 4.78 is 24.0. The maximum absolute atomic E-state index is 12.0. The lowest BCUT2D eigenvalue weighted by molar-refractivity contribution is -0.142. The van der Waals surface area contributed by atoms with Crippen LogP contribution in [0.25, 0.3) is 0 Å². The van der Waals surface area contributed by atoms with Gasteiger partial charge >= 0.3 is 11.8 Å². The van der Waals surface area contributed by atoms with Crippen LogP contribution in [0.2, 0.25) is 0 Å². The summed E-state index contributed by atoms with van der Waals surface area (Å²) in [5, 5.41) is 0. The topological polar surface area (TPSA) is 55.1 Å². The highest BCUT2D eigenvalue weighted by molar-refractivity contribution is 7.80. The summed E-state index contributed by atoms with van der Waals surface area (Å²) in [5.74, 6) is -1.39. The smallest absolute Gasteiger partial charge is 0.289 e. The van der Waals surface area contributed by atoms with E-state index in [1.165, 1.54) is 5.43 Å². The van der Waals surface area contributed by atoms with Crippen LogP contribution in [0.15, 0.2) is 0 Å². The van der Waals surface area contributed by atoms with Crippen molar-refractivity contribution in [3.63, 3.8) is 0 Å². The molecule has 0 saturated carbocycles. The molecule has 6 heteroatoms. The van der Waals surface area contributed by atoms with Gasteiger partial charge in [0.05, 0.1) is 5.75 Å². The molecule has 0 heterocycles. The Balaban J connectivity index is 3.97. The largest absolute Gasteiger partial charge is 0.334 e. The maximum atomic E-state index is 12.0. The fourth-order valence-corrected chi connectivity index (χ4v) is 0.321. The highest BCUT2D eigenvalue weighted by Gasteiger charge is 2.36. The van der Waals surface area contributed by atoms with Crippen molar-refractivity contribution < 1.29 is 13.6 Å². The van der Waals surface area contributed by atoms with E-state index in [9.17, 15) is 13.6 Å². The summed E-state index contributed by atoms with van der Waals surface area (Å²) in [6.45, 7) is 0. The van der Waals surface area contributed by atoms with E-state index in [2.05, 4.69) is 18.5 Å². The number of halogens is 2. The molecule has 0 fully saturated rings. The zero-order chi connectivity index (χ0) is 7.49. The third-order valence-corrected chi connectivity index (χ3v) is 1.06. The number of hydrogen-bond acceptors (Lipinski definition) is 3. The van der Waals surface area contributed by atoms with Gasteiger partial charge in [-0.15, -0.1) is 0 Å². The Morgan fingerprint density at radius 1 is 1.78 bits per heavy atom. The third kappa shape index (κ3) is 2.15. The second kappa shape index (κ2) is 2.98. The van der Waals surface area contributed by atoms with Crippen LogP contribution in [0.5, 0.6) is 0 Å². The van der Waals surface area contributed by atoms with Gasteiger partial charge in [0.1, 0.15) is 0 Å². The Hall–Kier alpha value is -0.360. The number of thiol groups is 1. The summed E-state index contributed by atoms with van der Waals surface area (Å²) >= 11 is 3.23. The minimum atomic E-state index is -3.46. The van der Waals surface area contributed by atoms with Crippen LogP contribution in [0.4, 0.5) is 8.78 Å². The molecule has 9 heavy (non-hydrogen) atoms. The molecule has 0 rings (SSSR count). The van der Waals surface area contributed by atoms with E-state index in [0.717, 1.165) is 0 Å². The number of amides is 1. The predicted molar refractivity (Wildman–Crippen MR) is 31.1 cm³/mol. The number of rotatable bonds is 2. The Morgan fingerprint density at radius 3 is 2.33 bits per heavy atom. The second-order valence-electron chi connectivity index (χ2n) is 1.34. The second-order valence-corrected chi connectivity index (χ2v) is 1.65. The molecule has 0 atom stereocenters. The molecule has 0 aliphatic heterocycles. The average molecular weight is 156 g/mol. The van der Waals surface area contributed by atoms with Crippen molar-refractivity contribution in [3.05, 3.63) is 0 Å². The normalized spacial score (nSPS) is 11.1. The highest BCUT2D eigenvalue weighted by Crippen LogP contribution is 2.13. The molecule has 0 radical (unpaired) electrons. The van der Waals surface area contributed by atoms with Gasteiger partial charge in [-0.25, -0.2) is 5.84 Å². The lowest BCUT2D eigenvalue weighted by Crippen LogP contribution is -2.44. The molecule has 0 saturated heterocycles. The molecule has 0 aromatic rings. The van der Waals surface area contributed by atoms with Crippen LogP contribution in [-0.4, -0.2) is 17.6 Å². The van der Waals surface area contributed by atoms with Crippen molar-refractivity contribution in [2.45, 2.75) is 5.92 Å². The van der Waals surface area contributed by atoms with E-state index in [1.807, 2.05) is 0 Å². The van der Waals surface area contributed by atoms with Gasteiger partial charge in [-0.2, -0.15) is 21.4 Å². The first-order valence-corrected chi connectivity index (χ1v) is 2.67. The van der Waals surface area contributed by atoms with Gasteiger partial charge in [0.25, 0.3) is 0 Å². The van der Waals surface area contributed by atoms with Gasteiger partial charge < -0.3 is 0 Å². The standard InChI is InChI=1S/C3H6F2N2OS/c4-3(5,1-9)2(8)7-6/h9H,1,6H2,(H,7,8). The number of hydrazine groups is 1. The van der Waals surface area contributed by atoms with E-state index in [0.29, 0.717) is 0 Å². The molecule has 0 aromatic carbocycles. The SMILES string of the molecule is NNC(=O)C(F)(F)CS. The van der Waals surface area contributed by atoms with Gasteiger partial charge in [0, 0.05) is 0 Å². The predicted octanol–water partition coefficient (Wildman–Crippen LogP) is -0.459. The quantitative estimate of drug-likeness (QED) is 0.219. The number of carbonyl (C=O) groups excluding carboxylic acids is 1. The first-order valence-electron chi connectivity index (χ1n) is 2.04. The number of nitrogens with one attached hydrogen (secondary N) is 1. The third-order valence-electron chi connectivity index (χ3n) is 0.662. The molecule has 0 bridgehead atoms. The van der Waals surface area contributed by atoms with E-state index < -0.39 is 17.6 Å². The summed E-state index contributed by atoms with van der Waals surface area (Å²) in [6, 6.07) is 0. The zero-order valence-corrected chi connectivity index (χ0v) is 5.29. The molecule has 0 unspecified atom stereocenters. The van der Waals surface area contributed by atoms with Gasteiger partial charge in [-0.1, -0.05) is 0 Å². The molecule has 3 N–H and O–H groups in total. The summed E-state index contributed by atoms with van der Waals surface area (Å²) in [5.41, 5.74) is 1.32. The van der Waals surface area contributed by atoms with Crippen molar-refractivity contribution >= 4 is 18.5 Å². The van der Waals surface area contributed by atoms with Crippen LogP contribution < -0.4 is 11.3 Å². The average Bonchev–Trinajstić information content (AvgIpc) is 1.86. The van der Waals surface area contributed by atoms with Gasteiger partial charge in [0.15, 0.2) is 0 Å². The van der Waals surface area contributed by atoms with Crippen molar-refractivity contribution in [1.82, 2.24) is 5.43 Å². The van der Waals surface area contributed by atoms with Crippen molar-refractivity contribution in [2.75, 3.05) is 5.75 Å². The molecular weight excluding hydrogens is 150 g/mol. The van der Waals surface area contributed by atoms with Gasteiger partial charge in [-0.3, -0.25) is 10.2 Å². The number of carbonyl (C=O) groups is 1. The van der Waals surface area contributed by atoms with Crippen LogP contribution in [0.1, 0.15) is 0 Å². The zero-order valence-electron chi connectivity index (χ0n) is 4.40. The van der Waals surface area contributed by atoms with Crippen molar-refractivity contribution in [3.8, 4) is 0 Å². The summed E-state index contributed by atoms with van der Waals surface area (Å²) in [6.07, 6.45) is 0. The minimum Gasteiger partial charge on any atom is -0.289 e.